The Morgan fingerprint density at radius 1 is 1.57 bits per heavy atom. The maximum Gasteiger partial charge on any atom is 0.235 e. The topological polar surface area (TPSA) is 46.6 Å². The maximum absolute atomic E-state index is 11.0. The molecule has 0 amide bonds. The number of likely N-dealkylation sites (tertiary alicyclic amines) is 1. The van der Waals surface area contributed by atoms with Crippen LogP contribution in [0.1, 0.15) is 13.3 Å². The van der Waals surface area contributed by atoms with Gasteiger partial charge in [-0.2, -0.15) is 0 Å². The van der Waals surface area contributed by atoms with E-state index in [2.05, 4.69) is 4.90 Å². The Hall–Kier alpha value is 0.160. The molecule has 4 nitrogen and oxygen atoms in total. The summed E-state index contributed by atoms with van der Waals surface area (Å²) in [6, 6.07) is 0. The first-order valence-electron chi connectivity index (χ1n) is 4.61. The minimum atomic E-state index is -3.49. The van der Waals surface area contributed by atoms with E-state index in [0.29, 0.717) is 6.54 Å². The van der Waals surface area contributed by atoms with Crippen LogP contribution >= 0.6 is 10.7 Å². The predicted octanol–water partition coefficient (Wildman–Crippen LogP) is 0.666. The van der Waals surface area contributed by atoms with Crippen LogP contribution < -0.4 is 0 Å². The molecule has 0 spiro atoms. The largest absolute Gasteiger partial charge is 0.376 e. The second-order valence-corrected chi connectivity index (χ2v) is 6.47. The first kappa shape index (κ1) is 12.2. The lowest BCUT2D eigenvalue weighted by molar-refractivity contribution is 0.0184. The van der Waals surface area contributed by atoms with Gasteiger partial charge in [-0.05, 0) is 13.0 Å². The third-order valence-electron chi connectivity index (χ3n) is 2.71. The molecular weight excluding hydrogens is 226 g/mol. The van der Waals surface area contributed by atoms with Crippen LogP contribution in [0.3, 0.4) is 0 Å². The molecular formula is C8H16ClNO3S. The summed E-state index contributed by atoms with van der Waals surface area (Å²) < 4.78 is 27.3. The van der Waals surface area contributed by atoms with Crippen LogP contribution in [0.15, 0.2) is 0 Å². The first-order chi connectivity index (χ1) is 6.41. The fourth-order valence-corrected chi connectivity index (χ4v) is 3.43. The van der Waals surface area contributed by atoms with E-state index in [0.717, 1.165) is 19.5 Å². The average molecular weight is 242 g/mol. The monoisotopic (exact) mass is 241 g/mol. The van der Waals surface area contributed by atoms with Crippen molar-refractivity contribution in [3.05, 3.63) is 0 Å². The molecule has 6 heteroatoms. The van der Waals surface area contributed by atoms with E-state index in [9.17, 15) is 8.42 Å². The van der Waals surface area contributed by atoms with E-state index < -0.39 is 14.7 Å². The van der Waals surface area contributed by atoms with Gasteiger partial charge in [0, 0.05) is 30.9 Å². The lowest BCUT2D eigenvalue weighted by Gasteiger charge is -2.26. The van der Waals surface area contributed by atoms with E-state index in [1.54, 1.807) is 7.11 Å². The van der Waals surface area contributed by atoms with Crippen molar-refractivity contribution < 1.29 is 13.2 Å². The maximum atomic E-state index is 11.0. The van der Waals surface area contributed by atoms with Gasteiger partial charge in [0.1, 0.15) is 0 Å². The second-order valence-electron chi connectivity index (χ2n) is 3.69. The second kappa shape index (κ2) is 4.35. The quantitative estimate of drug-likeness (QED) is 0.679. The fourth-order valence-electron chi connectivity index (χ4n) is 1.85. The lowest BCUT2D eigenvalue weighted by atomic mass is 10.1. The van der Waals surface area contributed by atoms with E-state index >= 15 is 0 Å². The van der Waals surface area contributed by atoms with Gasteiger partial charge in [-0.1, -0.05) is 6.92 Å². The Kier molecular flexibility index (Phi) is 3.80. The van der Waals surface area contributed by atoms with Gasteiger partial charge in [0.15, 0.2) is 0 Å². The Labute approximate surface area is 89.6 Å². The van der Waals surface area contributed by atoms with Crippen LogP contribution in [0.25, 0.3) is 0 Å². The van der Waals surface area contributed by atoms with Crippen molar-refractivity contribution >= 4 is 19.7 Å². The van der Waals surface area contributed by atoms with Crippen molar-refractivity contribution in [3.8, 4) is 0 Å². The number of methoxy groups -OCH3 is 1. The van der Waals surface area contributed by atoms with Crippen molar-refractivity contribution in [2.75, 3.05) is 32.5 Å². The standard InChI is InChI=1S/C8H16ClNO3S/c1-3-10-5-4-8(6-10,13-2)7-14(9,11)12/h3-7H2,1-2H3. The SMILES string of the molecule is CCN1CCC(CS(=O)(=O)Cl)(OC)C1. The Morgan fingerprint density at radius 3 is 2.57 bits per heavy atom. The van der Waals surface area contributed by atoms with Crippen LogP contribution in [-0.4, -0.2) is 51.4 Å². The number of ether oxygens (including phenoxy) is 1. The van der Waals surface area contributed by atoms with Gasteiger partial charge in [0.25, 0.3) is 0 Å². The molecule has 0 radical (unpaired) electrons. The molecule has 0 saturated carbocycles. The number of hydrogen-bond donors (Lipinski definition) is 0. The van der Waals surface area contributed by atoms with Gasteiger partial charge in [-0.15, -0.1) is 0 Å². The molecule has 0 aromatic rings. The normalized spacial score (nSPS) is 29.6. The van der Waals surface area contributed by atoms with Crippen molar-refractivity contribution in [1.29, 1.82) is 0 Å². The minimum Gasteiger partial charge on any atom is -0.376 e. The van der Waals surface area contributed by atoms with Crippen LogP contribution in [-0.2, 0) is 13.8 Å². The van der Waals surface area contributed by atoms with E-state index in [1.807, 2.05) is 6.92 Å². The average Bonchev–Trinajstić information content (AvgIpc) is 2.46. The molecule has 1 aliphatic rings. The summed E-state index contributed by atoms with van der Waals surface area (Å²) in [6.45, 7) is 4.47. The van der Waals surface area contributed by atoms with Gasteiger partial charge >= 0.3 is 0 Å². The number of hydrogen-bond acceptors (Lipinski definition) is 4. The molecule has 14 heavy (non-hydrogen) atoms. The highest BCUT2D eigenvalue weighted by molar-refractivity contribution is 8.13. The molecule has 0 aliphatic carbocycles. The molecule has 0 aromatic heterocycles. The summed E-state index contributed by atoms with van der Waals surface area (Å²) in [7, 11) is 3.30. The summed E-state index contributed by atoms with van der Waals surface area (Å²) in [5.74, 6) is -0.103. The zero-order chi connectivity index (χ0) is 10.8. The predicted molar refractivity (Wildman–Crippen MR) is 56.1 cm³/mol. The van der Waals surface area contributed by atoms with Gasteiger partial charge in [0.2, 0.25) is 9.05 Å². The van der Waals surface area contributed by atoms with Gasteiger partial charge < -0.3 is 9.64 Å². The fraction of sp³-hybridized carbons (Fsp3) is 1.00. The third kappa shape index (κ3) is 3.08. The molecule has 1 saturated heterocycles. The molecule has 1 aliphatic heterocycles. The number of likely N-dealkylation sites (N-methyl/N-ethyl adjacent to an activating group) is 1. The van der Waals surface area contributed by atoms with Crippen LogP contribution in [0.2, 0.25) is 0 Å². The molecule has 0 N–H and O–H groups in total. The zero-order valence-corrected chi connectivity index (χ0v) is 10.1. The van der Waals surface area contributed by atoms with Crippen molar-refractivity contribution in [1.82, 2.24) is 4.90 Å². The Bertz CT molecular complexity index is 293. The van der Waals surface area contributed by atoms with Crippen molar-refractivity contribution in [2.24, 2.45) is 0 Å². The van der Waals surface area contributed by atoms with Crippen LogP contribution in [0, 0.1) is 0 Å². The molecule has 1 atom stereocenters. The van der Waals surface area contributed by atoms with E-state index in [-0.39, 0.29) is 5.75 Å². The smallest absolute Gasteiger partial charge is 0.235 e. The first-order valence-corrected chi connectivity index (χ1v) is 7.08. The van der Waals surface area contributed by atoms with Crippen LogP contribution in [0.4, 0.5) is 0 Å². The molecule has 0 aromatic carbocycles. The highest BCUT2D eigenvalue weighted by Gasteiger charge is 2.41. The molecule has 1 rings (SSSR count). The highest BCUT2D eigenvalue weighted by atomic mass is 35.7. The zero-order valence-electron chi connectivity index (χ0n) is 8.49. The number of rotatable bonds is 4. The van der Waals surface area contributed by atoms with E-state index in [4.69, 9.17) is 15.4 Å². The summed E-state index contributed by atoms with van der Waals surface area (Å²) in [6.07, 6.45) is 0.725. The minimum absolute atomic E-state index is 0.103. The molecule has 1 fully saturated rings. The molecule has 0 bridgehead atoms. The summed E-state index contributed by atoms with van der Waals surface area (Å²) in [4.78, 5) is 2.16. The van der Waals surface area contributed by atoms with Crippen LogP contribution in [0.5, 0.6) is 0 Å². The lowest BCUT2D eigenvalue weighted by Crippen LogP contribution is -2.41. The van der Waals surface area contributed by atoms with Gasteiger partial charge in [-0.25, -0.2) is 8.42 Å². The van der Waals surface area contributed by atoms with Crippen molar-refractivity contribution in [3.63, 3.8) is 0 Å². The van der Waals surface area contributed by atoms with E-state index in [1.165, 1.54) is 0 Å². The highest BCUT2D eigenvalue weighted by Crippen LogP contribution is 2.27. The Balaban J connectivity index is 2.70. The Morgan fingerprint density at radius 2 is 2.21 bits per heavy atom. The van der Waals surface area contributed by atoms with Gasteiger partial charge in [-0.3, -0.25) is 0 Å². The summed E-state index contributed by atoms with van der Waals surface area (Å²) in [5.41, 5.74) is -0.601. The molecule has 1 unspecified atom stereocenters. The summed E-state index contributed by atoms with van der Waals surface area (Å²) >= 11 is 0. The summed E-state index contributed by atoms with van der Waals surface area (Å²) in [5, 5.41) is 0. The van der Waals surface area contributed by atoms with Gasteiger partial charge in [0.05, 0.1) is 11.4 Å². The number of nitrogens with zero attached hydrogens (tertiary/aromatic N) is 1. The molecule has 1 heterocycles. The third-order valence-corrected chi connectivity index (χ3v) is 3.91. The van der Waals surface area contributed by atoms with Crippen molar-refractivity contribution in [2.45, 2.75) is 18.9 Å². The number of halogens is 1. The molecule has 84 valence electrons.